The molecule has 164 valence electrons. The van der Waals surface area contributed by atoms with Gasteiger partial charge in [0.15, 0.2) is 0 Å². The first-order valence-corrected chi connectivity index (χ1v) is 11.6. The van der Waals surface area contributed by atoms with Crippen LogP contribution in [0.3, 0.4) is 0 Å². The van der Waals surface area contributed by atoms with E-state index >= 15 is 0 Å². The molecule has 2 amide bonds. The minimum absolute atomic E-state index is 0.00366. The van der Waals surface area contributed by atoms with Crippen LogP contribution in [0.5, 0.6) is 0 Å². The van der Waals surface area contributed by atoms with Gasteiger partial charge in [0.2, 0.25) is 5.91 Å². The average Bonchev–Trinajstić information content (AvgIpc) is 3.15. The van der Waals surface area contributed by atoms with Crippen molar-refractivity contribution in [2.45, 2.75) is 38.5 Å². The Morgan fingerprint density at radius 3 is 2.59 bits per heavy atom. The lowest BCUT2D eigenvalue weighted by molar-refractivity contribution is -0.119. The number of carbonyl (C=O) groups is 2. The summed E-state index contributed by atoms with van der Waals surface area (Å²) in [6.45, 7) is 5.81. The number of hydrogen-bond acceptors (Lipinski definition) is 5. The fraction of sp³-hybridized carbons (Fsp3) is 0.240. The number of hydrogen-bond donors (Lipinski definition) is 3. The van der Waals surface area contributed by atoms with E-state index in [1.807, 2.05) is 62.4 Å². The van der Waals surface area contributed by atoms with Gasteiger partial charge in [0.25, 0.3) is 5.91 Å². The second-order valence-corrected chi connectivity index (χ2v) is 9.10. The normalized spacial score (nSPS) is 17.3. The molecule has 0 saturated carbocycles. The molecular formula is C25H26N4O2S. The Morgan fingerprint density at radius 1 is 1.12 bits per heavy atom. The first kappa shape index (κ1) is 21.9. The molecule has 2 heterocycles. The van der Waals surface area contributed by atoms with E-state index in [2.05, 4.69) is 34.2 Å². The quantitative estimate of drug-likeness (QED) is 0.520. The van der Waals surface area contributed by atoms with Crippen molar-refractivity contribution >= 4 is 45.6 Å². The van der Waals surface area contributed by atoms with Gasteiger partial charge in [0.1, 0.15) is 0 Å². The van der Waals surface area contributed by atoms with Gasteiger partial charge in [-0.15, -0.1) is 0 Å². The van der Waals surface area contributed by atoms with Crippen molar-refractivity contribution in [2.24, 2.45) is 11.0 Å². The molecule has 2 aliphatic rings. The van der Waals surface area contributed by atoms with E-state index in [0.717, 1.165) is 51.0 Å². The maximum Gasteiger partial charge on any atom is 0.275 e. The number of carbonyl (C=O) groups excluding carboxylic acids is 2. The van der Waals surface area contributed by atoms with Crippen molar-refractivity contribution in [1.82, 2.24) is 5.43 Å². The summed E-state index contributed by atoms with van der Waals surface area (Å²) in [6.07, 6.45) is 3.67. The lowest BCUT2D eigenvalue weighted by Gasteiger charge is -2.22. The van der Waals surface area contributed by atoms with Gasteiger partial charge >= 0.3 is 0 Å². The Morgan fingerprint density at radius 2 is 1.88 bits per heavy atom. The molecule has 6 nitrogen and oxygen atoms in total. The summed E-state index contributed by atoms with van der Waals surface area (Å²) in [5, 5.41) is 10.6. The Kier molecular flexibility index (Phi) is 6.46. The van der Waals surface area contributed by atoms with Gasteiger partial charge in [-0.2, -0.15) is 5.10 Å². The van der Waals surface area contributed by atoms with Crippen molar-refractivity contribution in [3.63, 3.8) is 0 Å². The van der Waals surface area contributed by atoms with Crippen molar-refractivity contribution < 1.29 is 9.59 Å². The molecule has 2 aliphatic heterocycles. The molecule has 2 aromatic rings. The van der Waals surface area contributed by atoms with Crippen LogP contribution in [0.15, 0.2) is 75.9 Å². The van der Waals surface area contributed by atoms with Crippen LogP contribution in [0, 0.1) is 5.92 Å². The van der Waals surface area contributed by atoms with Crippen LogP contribution in [-0.4, -0.2) is 17.5 Å². The topological polar surface area (TPSA) is 82.6 Å². The largest absolute Gasteiger partial charge is 0.354 e. The molecule has 0 spiro atoms. The van der Waals surface area contributed by atoms with E-state index in [9.17, 15) is 9.59 Å². The fourth-order valence-corrected chi connectivity index (χ4v) is 4.48. The number of para-hydroxylation sites is 1. The highest BCUT2D eigenvalue weighted by atomic mass is 32.2. The third kappa shape index (κ3) is 4.62. The third-order valence-electron chi connectivity index (χ3n) is 5.18. The number of allylic oxidation sites excluding steroid dienone is 1. The Hall–Kier alpha value is -3.32. The second-order valence-electron chi connectivity index (χ2n) is 7.99. The summed E-state index contributed by atoms with van der Waals surface area (Å²) >= 11 is 1.62. The number of nitrogens with one attached hydrogen (secondary N) is 3. The zero-order valence-corrected chi connectivity index (χ0v) is 19.2. The predicted octanol–water partition coefficient (Wildman–Crippen LogP) is 5.38. The molecule has 0 unspecified atom stereocenters. The van der Waals surface area contributed by atoms with Crippen LogP contribution in [0.2, 0.25) is 0 Å². The maximum absolute atomic E-state index is 12.5. The van der Waals surface area contributed by atoms with E-state index in [1.165, 1.54) is 0 Å². The molecular weight excluding hydrogens is 420 g/mol. The molecule has 32 heavy (non-hydrogen) atoms. The lowest BCUT2D eigenvalue weighted by atomic mass is 10.0. The minimum atomic E-state index is -0.179. The van der Waals surface area contributed by atoms with Gasteiger partial charge < -0.3 is 10.6 Å². The molecule has 0 bridgehead atoms. The van der Waals surface area contributed by atoms with Crippen LogP contribution >= 0.6 is 11.8 Å². The summed E-state index contributed by atoms with van der Waals surface area (Å²) in [5.74, 6) is -0.252. The number of anilines is 2. The smallest absolute Gasteiger partial charge is 0.275 e. The molecule has 0 saturated heterocycles. The number of fused-ring (bicyclic) bond motifs is 1. The summed E-state index contributed by atoms with van der Waals surface area (Å²) < 4.78 is 0. The number of nitrogens with zero attached hydrogens (tertiary/aromatic N) is 1. The van der Waals surface area contributed by atoms with E-state index < -0.39 is 0 Å². The number of benzene rings is 2. The zero-order valence-electron chi connectivity index (χ0n) is 18.4. The van der Waals surface area contributed by atoms with Crippen molar-refractivity contribution in [1.29, 1.82) is 0 Å². The average molecular weight is 447 g/mol. The van der Waals surface area contributed by atoms with E-state index in [4.69, 9.17) is 0 Å². The highest BCUT2D eigenvalue weighted by molar-refractivity contribution is 8.08. The molecule has 4 rings (SSSR count). The Balaban J connectivity index is 1.65. The zero-order chi connectivity index (χ0) is 22.7. The molecule has 0 fully saturated rings. The molecule has 3 N–H and O–H groups in total. The summed E-state index contributed by atoms with van der Waals surface area (Å²) in [6, 6.07) is 15.9. The van der Waals surface area contributed by atoms with E-state index in [-0.39, 0.29) is 17.7 Å². The van der Waals surface area contributed by atoms with Crippen LogP contribution in [0.25, 0.3) is 4.91 Å². The van der Waals surface area contributed by atoms with Crippen molar-refractivity contribution in [2.75, 3.05) is 10.6 Å². The Bertz CT molecular complexity index is 1150. The molecule has 0 atom stereocenters. The second kappa shape index (κ2) is 9.44. The number of hydrazone groups is 1. The molecule has 7 heteroatoms. The van der Waals surface area contributed by atoms with Crippen LogP contribution in [0.1, 0.15) is 39.2 Å². The lowest BCUT2D eigenvalue weighted by Crippen LogP contribution is -2.19. The van der Waals surface area contributed by atoms with Gasteiger partial charge in [-0.05, 0) is 42.8 Å². The number of rotatable bonds is 6. The van der Waals surface area contributed by atoms with Crippen molar-refractivity contribution in [3.8, 4) is 0 Å². The van der Waals surface area contributed by atoms with Gasteiger partial charge in [-0.1, -0.05) is 57.2 Å². The Labute approximate surface area is 192 Å². The summed E-state index contributed by atoms with van der Waals surface area (Å²) in [5.41, 5.74) is 7.55. The number of thioether (sulfide) groups is 1. The van der Waals surface area contributed by atoms with Gasteiger partial charge in [0, 0.05) is 32.7 Å². The maximum atomic E-state index is 12.5. The standard InChI is InChI=1S/C25H26N4O2S/c1-4-7-20-23(25(31)29-28-20)21-14-22(18-8-5-6-9-19(18)27-21)32-17-12-10-16(11-13-17)26-24(30)15(2)3/h5-6,8-15,27H,4,7H2,1-3H3,(H,26,30)(H,29,31). The first-order valence-electron chi connectivity index (χ1n) is 10.7. The van der Waals surface area contributed by atoms with Crippen molar-refractivity contribution in [3.05, 3.63) is 71.4 Å². The third-order valence-corrected chi connectivity index (χ3v) is 6.24. The van der Waals surface area contributed by atoms with Crippen LogP contribution in [0.4, 0.5) is 11.4 Å². The highest BCUT2D eigenvalue weighted by Crippen LogP contribution is 2.42. The minimum Gasteiger partial charge on any atom is -0.354 e. The van der Waals surface area contributed by atoms with Gasteiger partial charge in [0.05, 0.1) is 17.0 Å². The molecule has 0 aliphatic carbocycles. The molecule has 2 aromatic carbocycles. The first-order chi connectivity index (χ1) is 15.5. The van der Waals surface area contributed by atoms with E-state index in [0.29, 0.717) is 5.57 Å². The number of amides is 2. The van der Waals surface area contributed by atoms with Gasteiger partial charge in [-0.25, -0.2) is 5.43 Å². The fourth-order valence-electron chi connectivity index (χ4n) is 3.49. The molecule has 0 aromatic heterocycles. The SMILES string of the molecule is CCCC1=NNC(=O)C1=C1C=C(Sc2ccc(NC(=O)C(C)C)cc2)c2ccccc2N1. The molecule has 0 radical (unpaired) electrons. The predicted molar refractivity (Wildman–Crippen MR) is 131 cm³/mol. The van der Waals surface area contributed by atoms with E-state index in [1.54, 1.807) is 11.8 Å². The van der Waals surface area contributed by atoms with Crippen LogP contribution < -0.4 is 16.1 Å². The summed E-state index contributed by atoms with van der Waals surface area (Å²) in [4.78, 5) is 26.5. The van der Waals surface area contributed by atoms with Crippen LogP contribution in [-0.2, 0) is 9.59 Å². The highest BCUT2D eigenvalue weighted by Gasteiger charge is 2.28. The van der Waals surface area contributed by atoms with Gasteiger partial charge in [-0.3, -0.25) is 9.59 Å². The summed E-state index contributed by atoms with van der Waals surface area (Å²) in [7, 11) is 0. The monoisotopic (exact) mass is 446 g/mol.